The lowest BCUT2D eigenvalue weighted by atomic mass is 10.3. The zero-order valence-electron chi connectivity index (χ0n) is 11.3. The Morgan fingerprint density at radius 3 is 2.68 bits per heavy atom. The van der Waals surface area contributed by atoms with Crippen molar-refractivity contribution >= 4 is 11.9 Å². The fraction of sp³-hybridized carbons (Fsp3) is 0.571. The molecule has 0 spiro atoms. The van der Waals surface area contributed by atoms with Crippen molar-refractivity contribution in [1.82, 2.24) is 9.80 Å². The largest absolute Gasteiger partial charge is 0.480 e. The van der Waals surface area contributed by atoms with Gasteiger partial charge in [-0.2, -0.15) is 0 Å². The van der Waals surface area contributed by atoms with E-state index >= 15 is 0 Å². The first-order valence-electron chi connectivity index (χ1n) is 6.45. The van der Waals surface area contributed by atoms with Crippen LogP contribution in [0.3, 0.4) is 0 Å². The second-order valence-electron chi connectivity index (χ2n) is 4.47. The van der Waals surface area contributed by atoms with Crippen LogP contribution in [0.5, 0.6) is 0 Å². The van der Waals surface area contributed by atoms with Crippen LogP contribution in [0, 0.1) is 12.3 Å². The van der Waals surface area contributed by atoms with E-state index < -0.39 is 5.97 Å². The Balaban J connectivity index is 2.63. The number of terminal acetylenes is 1. The van der Waals surface area contributed by atoms with Gasteiger partial charge in [-0.1, -0.05) is 12.0 Å². The van der Waals surface area contributed by atoms with Gasteiger partial charge in [-0.05, 0) is 26.2 Å². The number of carboxylic acids is 1. The average Bonchev–Trinajstić information content (AvgIpc) is 2.83. The van der Waals surface area contributed by atoms with Crippen molar-refractivity contribution in [2.45, 2.75) is 26.2 Å². The van der Waals surface area contributed by atoms with Crippen LogP contribution in [-0.2, 0) is 9.59 Å². The highest BCUT2D eigenvalue weighted by Gasteiger charge is 2.21. The first kappa shape index (κ1) is 15.3. The van der Waals surface area contributed by atoms with E-state index in [0.717, 1.165) is 25.0 Å². The molecule has 104 valence electrons. The van der Waals surface area contributed by atoms with Crippen molar-refractivity contribution in [2.75, 3.05) is 26.2 Å². The third-order valence-corrected chi connectivity index (χ3v) is 3.01. The molecular weight excluding hydrogens is 244 g/mol. The van der Waals surface area contributed by atoms with E-state index in [9.17, 15) is 9.59 Å². The lowest BCUT2D eigenvalue weighted by Crippen LogP contribution is -2.41. The molecule has 0 radical (unpaired) electrons. The zero-order chi connectivity index (χ0) is 14.3. The molecule has 1 amide bonds. The molecule has 0 fully saturated rings. The third-order valence-electron chi connectivity index (χ3n) is 3.01. The van der Waals surface area contributed by atoms with Crippen LogP contribution < -0.4 is 0 Å². The summed E-state index contributed by atoms with van der Waals surface area (Å²) in [7, 11) is 0. The van der Waals surface area contributed by atoms with Crippen molar-refractivity contribution in [3.63, 3.8) is 0 Å². The maximum Gasteiger partial charge on any atom is 0.317 e. The fourth-order valence-corrected chi connectivity index (χ4v) is 2.20. The molecule has 1 N–H and O–H groups in total. The fourth-order valence-electron chi connectivity index (χ4n) is 2.20. The van der Waals surface area contributed by atoms with Gasteiger partial charge in [0.25, 0.3) is 0 Å². The molecule has 0 aromatic heterocycles. The Bertz CT molecular complexity index is 409. The molecule has 5 heteroatoms. The standard InChI is InChI=1S/C14H20N2O3/c1-3-9-15(11-14(18)19)10-13(17)16(4-2)12-7-5-6-8-12/h1,7H,4-6,8-11H2,2H3,(H,18,19). The van der Waals surface area contributed by atoms with E-state index in [-0.39, 0.29) is 25.5 Å². The number of carboxylic acid groups (broad SMARTS) is 1. The summed E-state index contributed by atoms with van der Waals surface area (Å²) in [4.78, 5) is 26.1. The topological polar surface area (TPSA) is 60.9 Å². The number of rotatable bonds is 7. The normalized spacial score (nSPS) is 14.1. The van der Waals surface area contributed by atoms with Crippen LogP contribution >= 0.6 is 0 Å². The number of carbonyl (C=O) groups excluding carboxylic acids is 1. The first-order chi connectivity index (χ1) is 9.08. The summed E-state index contributed by atoms with van der Waals surface area (Å²) < 4.78 is 0. The Hall–Kier alpha value is -1.80. The van der Waals surface area contributed by atoms with E-state index in [0.29, 0.717) is 6.54 Å². The lowest BCUT2D eigenvalue weighted by molar-refractivity contribution is -0.139. The van der Waals surface area contributed by atoms with Crippen molar-refractivity contribution in [2.24, 2.45) is 0 Å². The molecule has 1 rings (SSSR count). The molecular formula is C14H20N2O3. The quantitative estimate of drug-likeness (QED) is 0.695. The molecule has 0 bridgehead atoms. The number of allylic oxidation sites excluding steroid dienone is 2. The summed E-state index contributed by atoms with van der Waals surface area (Å²) in [5, 5.41) is 8.78. The minimum absolute atomic E-state index is 0.0433. The summed E-state index contributed by atoms with van der Waals surface area (Å²) >= 11 is 0. The molecule has 0 saturated carbocycles. The molecule has 0 aromatic rings. The van der Waals surface area contributed by atoms with Crippen molar-refractivity contribution in [1.29, 1.82) is 0 Å². The van der Waals surface area contributed by atoms with E-state index in [2.05, 4.69) is 12.0 Å². The predicted molar refractivity (Wildman–Crippen MR) is 72.2 cm³/mol. The molecule has 5 nitrogen and oxygen atoms in total. The van der Waals surface area contributed by atoms with Gasteiger partial charge in [0.2, 0.25) is 5.91 Å². The van der Waals surface area contributed by atoms with E-state index in [1.807, 2.05) is 6.92 Å². The van der Waals surface area contributed by atoms with Crippen LogP contribution in [0.15, 0.2) is 11.8 Å². The van der Waals surface area contributed by atoms with E-state index in [1.54, 1.807) is 4.90 Å². The number of hydrogen-bond donors (Lipinski definition) is 1. The highest BCUT2D eigenvalue weighted by molar-refractivity contribution is 5.81. The molecule has 0 aromatic carbocycles. The second-order valence-corrected chi connectivity index (χ2v) is 4.47. The SMILES string of the molecule is C#CCN(CC(=O)O)CC(=O)N(CC)C1=CCCC1. The molecule has 0 atom stereocenters. The van der Waals surface area contributed by atoms with Gasteiger partial charge >= 0.3 is 5.97 Å². The van der Waals surface area contributed by atoms with Gasteiger partial charge < -0.3 is 10.0 Å². The molecule has 19 heavy (non-hydrogen) atoms. The summed E-state index contributed by atoms with van der Waals surface area (Å²) in [6, 6.07) is 0. The van der Waals surface area contributed by atoms with Gasteiger partial charge in [-0.15, -0.1) is 6.42 Å². The van der Waals surface area contributed by atoms with Gasteiger partial charge in [-0.25, -0.2) is 0 Å². The first-order valence-corrected chi connectivity index (χ1v) is 6.45. The third kappa shape index (κ3) is 4.76. The smallest absolute Gasteiger partial charge is 0.317 e. The van der Waals surface area contributed by atoms with Crippen LogP contribution in [0.4, 0.5) is 0 Å². The summed E-state index contributed by atoms with van der Waals surface area (Å²) in [5.41, 5.74) is 1.04. The van der Waals surface area contributed by atoms with Gasteiger partial charge in [0, 0.05) is 12.2 Å². The number of nitrogens with zero attached hydrogens (tertiary/aromatic N) is 2. The number of amides is 1. The van der Waals surface area contributed by atoms with Crippen LogP contribution in [0.2, 0.25) is 0 Å². The molecule has 1 aliphatic rings. The maximum atomic E-state index is 12.2. The Morgan fingerprint density at radius 1 is 1.47 bits per heavy atom. The molecule has 1 aliphatic carbocycles. The van der Waals surface area contributed by atoms with Crippen LogP contribution in [-0.4, -0.2) is 53.0 Å². The highest BCUT2D eigenvalue weighted by Crippen LogP contribution is 2.21. The Labute approximate surface area is 113 Å². The molecule has 0 heterocycles. The Kier molecular flexibility index (Phi) is 6.10. The molecule has 0 saturated heterocycles. The Morgan fingerprint density at radius 2 is 2.21 bits per heavy atom. The number of hydrogen-bond acceptors (Lipinski definition) is 3. The molecule has 0 aliphatic heterocycles. The highest BCUT2D eigenvalue weighted by atomic mass is 16.4. The maximum absolute atomic E-state index is 12.2. The average molecular weight is 264 g/mol. The number of likely N-dealkylation sites (N-methyl/N-ethyl adjacent to an activating group) is 1. The van der Waals surface area contributed by atoms with Crippen molar-refractivity contribution in [3.8, 4) is 12.3 Å². The van der Waals surface area contributed by atoms with Gasteiger partial charge in [0.05, 0.1) is 19.6 Å². The second kappa shape index (κ2) is 7.59. The van der Waals surface area contributed by atoms with Crippen molar-refractivity contribution in [3.05, 3.63) is 11.8 Å². The predicted octanol–water partition coefficient (Wildman–Crippen LogP) is 0.922. The number of carbonyl (C=O) groups is 2. The van der Waals surface area contributed by atoms with E-state index in [4.69, 9.17) is 11.5 Å². The summed E-state index contributed by atoms with van der Waals surface area (Å²) in [6.07, 6.45) is 10.2. The monoisotopic (exact) mass is 264 g/mol. The number of aliphatic carboxylic acids is 1. The van der Waals surface area contributed by atoms with Gasteiger partial charge in [0.1, 0.15) is 0 Å². The summed E-state index contributed by atoms with van der Waals surface area (Å²) in [6.45, 7) is 2.50. The summed E-state index contributed by atoms with van der Waals surface area (Å²) in [5.74, 6) is 1.31. The zero-order valence-corrected chi connectivity index (χ0v) is 11.3. The lowest BCUT2D eigenvalue weighted by Gasteiger charge is -2.25. The van der Waals surface area contributed by atoms with Gasteiger partial charge in [0.15, 0.2) is 0 Å². The van der Waals surface area contributed by atoms with Gasteiger partial charge in [-0.3, -0.25) is 14.5 Å². The minimum atomic E-state index is -0.980. The molecule has 0 unspecified atom stereocenters. The van der Waals surface area contributed by atoms with E-state index in [1.165, 1.54) is 4.90 Å². The minimum Gasteiger partial charge on any atom is -0.480 e. The van der Waals surface area contributed by atoms with Crippen LogP contribution in [0.25, 0.3) is 0 Å². The van der Waals surface area contributed by atoms with Crippen molar-refractivity contribution < 1.29 is 14.7 Å². The van der Waals surface area contributed by atoms with Crippen LogP contribution in [0.1, 0.15) is 26.2 Å².